The maximum atomic E-state index is 3.73. The zero-order chi connectivity index (χ0) is 13.4. The van der Waals surface area contributed by atoms with E-state index in [0.29, 0.717) is 0 Å². The molecule has 4 aliphatic rings. The Morgan fingerprint density at radius 2 is 1.55 bits per heavy atom. The molecule has 2 heterocycles. The molecule has 2 aliphatic heterocycles. The van der Waals surface area contributed by atoms with Crippen molar-refractivity contribution in [2.75, 3.05) is 19.6 Å². The molecule has 0 amide bonds. The molecule has 20 heavy (non-hydrogen) atoms. The SMILES string of the molecule is C1CNC(C2CCN(C3CCCC(C4CC4)C3)CC2)C1. The van der Waals surface area contributed by atoms with Crippen LogP contribution in [0.2, 0.25) is 0 Å². The Morgan fingerprint density at radius 1 is 0.700 bits per heavy atom. The molecule has 3 atom stereocenters. The van der Waals surface area contributed by atoms with Crippen LogP contribution in [-0.4, -0.2) is 36.6 Å². The summed E-state index contributed by atoms with van der Waals surface area (Å²) < 4.78 is 0. The summed E-state index contributed by atoms with van der Waals surface area (Å²) in [5, 5.41) is 3.73. The summed E-state index contributed by atoms with van der Waals surface area (Å²) >= 11 is 0. The second-order valence-corrected chi connectivity index (χ2v) is 7.99. The lowest BCUT2D eigenvalue weighted by Gasteiger charge is -2.42. The molecule has 2 heteroatoms. The van der Waals surface area contributed by atoms with Gasteiger partial charge in [-0.25, -0.2) is 0 Å². The number of hydrogen-bond donors (Lipinski definition) is 1. The van der Waals surface area contributed by atoms with Crippen molar-refractivity contribution in [2.24, 2.45) is 17.8 Å². The third-order valence-corrected chi connectivity index (χ3v) is 6.73. The zero-order valence-electron chi connectivity index (χ0n) is 13.0. The van der Waals surface area contributed by atoms with Crippen molar-refractivity contribution < 1.29 is 0 Å². The summed E-state index contributed by atoms with van der Waals surface area (Å²) in [5.41, 5.74) is 0. The fourth-order valence-corrected chi connectivity index (χ4v) is 5.33. The molecule has 4 rings (SSSR count). The van der Waals surface area contributed by atoms with Crippen molar-refractivity contribution >= 4 is 0 Å². The standard InChI is InChI=1S/C18H32N2/c1-3-16(14-6-7-14)13-17(4-1)20-11-8-15(9-12-20)18-5-2-10-19-18/h14-19H,1-13H2. The van der Waals surface area contributed by atoms with Gasteiger partial charge in [-0.05, 0) is 88.8 Å². The van der Waals surface area contributed by atoms with Gasteiger partial charge in [0.1, 0.15) is 0 Å². The fraction of sp³-hybridized carbons (Fsp3) is 1.00. The maximum Gasteiger partial charge on any atom is 0.00980 e. The van der Waals surface area contributed by atoms with E-state index in [1.54, 1.807) is 19.3 Å². The Morgan fingerprint density at radius 3 is 2.25 bits per heavy atom. The van der Waals surface area contributed by atoms with Gasteiger partial charge in [0, 0.05) is 12.1 Å². The Bertz CT molecular complexity index is 311. The first kappa shape index (κ1) is 13.6. The van der Waals surface area contributed by atoms with Crippen LogP contribution in [0.5, 0.6) is 0 Å². The molecule has 0 bridgehead atoms. The van der Waals surface area contributed by atoms with Gasteiger partial charge in [0.2, 0.25) is 0 Å². The first-order valence-corrected chi connectivity index (χ1v) is 9.37. The zero-order valence-corrected chi connectivity index (χ0v) is 13.0. The highest BCUT2D eigenvalue weighted by molar-refractivity contribution is 4.91. The van der Waals surface area contributed by atoms with Gasteiger partial charge in [-0.3, -0.25) is 0 Å². The van der Waals surface area contributed by atoms with Crippen molar-refractivity contribution in [1.82, 2.24) is 10.2 Å². The lowest BCUT2D eigenvalue weighted by atomic mass is 9.80. The molecule has 2 aliphatic carbocycles. The first-order chi connectivity index (χ1) is 9.90. The molecule has 4 fully saturated rings. The van der Waals surface area contributed by atoms with E-state index < -0.39 is 0 Å². The fourth-order valence-electron chi connectivity index (χ4n) is 5.33. The van der Waals surface area contributed by atoms with Crippen molar-refractivity contribution in [3.8, 4) is 0 Å². The van der Waals surface area contributed by atoms with Crippen LogP contribution in [-0.2, 0) is 0 Å². The monoisotopic (exact) mass is 276 g/mol. The van der Waals surface area contributed by atoms with Gasteiger partial charge < -0.3 is 10.2 Å². The molecule has 0 aromatic rings. The van der Waals surface area contributed by atoms with Crippen LogP contribution in [0.1, 0.15) is 64.2 Å². The normalized spacial score (nSPS) is 41.1. The highest BCUT2D eigenvalue weighted by atomic mass is 15.2. The number of nitrogens with one attached hydrogen (secondary N) is 1. The minimum absolute atomic E-state index is 0.864. The summed E-state index contributed by atoms with van der Waals surface area (Å²) in [4.78, 5) is 2.87. The molecule has 3 unspecified atom stereocenters. The van der Waals surface area contributed by atoms with Gasteiger partial charge in [-0.15, -0.1) is 0 Å². The molecule has 114 valence electrons. The largest absolute Gasteiger partial charge is 0.314 e. The van der Waals surface area contributed by atoms with E-state index in [-0.39, 0.29) is 0 Å². The van der Waals surface area contributed by atoms with Crippen LogP contribution < -0.4 is 5.32 Å². The predicted octanol–water partition coefficient (Wildman–Crippen LogP) is 3.42. The second kappa shape index (κ2) is 5.96. The minimum atomic E-state index is 0.864. The van der Waals surface area contributed by atoms with E-state index in [9.17, 15) is 0 Å². The first-order valence-electron chi connectivity index (χ1n) is 9.37. The molecular formula is C18H32N2. The van der Waals surface area contributed by atoms with Crippen LogP contribution in [0.15, 0.2) is 0 Å². The number of hydrogen-bond acceptors (Lipinski definition) is 2. The van der Waals surface area contributed by atoms with Crippen LogP contribution in [0.4, 0.5) is 0 Å². The summed E-state index contributed by atoms with van der Waals surface area (Å²) in [5.74, 6) is 3.22. The molecule has 0 radical (unpaired) electrons. The van der Waals surface area contributed by atoms with Gasteiger partial charge >= 0.3 is 0 Å². The average Bonchev–Trinajstić information content (AvgIpc) is 3.23. The van der Waals surface area contributed by atoms with Gasteiger partial charge in [0.15, 0.2) is 0 Å². The molecule has 1 N–H and O–H groups in total. The van der Waals surface area contributed by atoms with Crippen molar-refractivity contribution in [2.45, 2.75) is 76.3 Å². The van der Waals surface area contributed by atoms with Gasteiger partial charge in [-0.1, -0.05) is 12.8 Å². The lowest BCUT2D eigenvalue weighted by molar-refractivity contribution is 0.0778. The van der Waals surface area contributed by atoms with Crippen LogP contribution >= 0.6 is 0 Å². The van der Waals surface area contributed by atoms with E-state index in [0.717, 1.165) is 29.8 Å². The Labute approximate surface area is 124 Å². The van der Waals surface area contributed by atoms with Gasteiger partial charge in [0.05, 0.1) is 0 Å². The second-order valence-electron chi connectivity index (χ2n) is 7.99. The number of nitrogens with zero attached hydrogens (tertiary/aromatic N) is 1. The summed E-state index contributed by atoms with van der Waals surface area (Å²) in [6.45, 7) is 4.06. The van der Waals surface area contributed by atoms with Gasteiger partial charge in [0.25, 0.3) is 0 Å². The quantitative estimate of drug-likeness (QED) is 0.849. The van der Waals surface area contributed by atoms with E-state index in [4.69, 9.17) is 0 Å². The van der Waals surface area contributed by atoms with E-state index >= 15 is 0 Å². The van der Waals surface area contributed by atoms with E-state index in [1.807, 2.05) is 0 Å². The van der Waals surface area contributed by atoms with Crippen molar-refractivity contribution in [1.29, 1.82) is 0 Å². The third kappa shape index (κ3) is 2.92. The summed E-state index contributed by atoms with van der Waals surface area (Å²) in [7, 11) is 0. The lowest BCUT2D eigenvalue weighted by Crippen LogP contribution is -2.46. The van der Waals surface area contributed by atoms with Crippen molar-refractivity contribution in [3.63, 3.8) is 0 Å². The van der Waals surface area contributed by atoms with E-state index in [1.165, 1.54) is 64.6 Å². The molecule has 0 spiro atoms. The number of rotatable bonds is 3. The molecule has 0 aromatic carbocycles. The summed E-state index contributed by atoms with van der Waals surface area (Å²) in [6, 6.07) is 1.81. The van der Waals surface area contributed by atoms with Crippen LogP contribution in [0.25, 0.3) is 0 Å². The molecule has 2 saturated heterocycles. The summed E-state index contributed by atoms with van der Waals surface area (Å²) in [6.07, 6.45) is 15.0. The Kier molecular flexibility index (Phi) is 4.05. The van der Waals surface area contributed by atoms with Crippen LogP contribution in [0, 0.1) is 17.8 Å². The third-order valence-electron chi connectivity index (χ3n) is 6.73. The molecular weight excluding hydrogens is 244 g/mol. The molecule has 0 aromatic heterocycles. The Balaban J connectivity index is 1.27. The maximum absolute atomic E-state index is 3.73. The highest BCUT2D eigenvalue weighted by Crippen LogP contribution is 2.45. The highest BCUT2D eigenvalue weighted by Gasteiger charge is 2.37. The predicted molar refractivity (Wildman–Crippen MR) is 83.8 cm³/mol. The van der Waals surface area contributed by atoms with Crippen LogP contribution in [0.3, 0.4) is 0 Å². The Hall–Kier alpha value is -0.0800. The molecule has 2 nitrogen and oxygen atoms in total. The topological polar surface area (TPSA) is 15.3 Å². The number of likely N-dealkylation sites (tertiary alicyclic amines) is 1. The number of piperidine rings is 1. The van der Waals surface area contributed by atoms with Crippen molar-refractivity contribution in [3.05, 3.63) is 0 Å². The van der Waals surface area contributed by atoms with Gasteiger partial charge in [-0.2, -0.15) is 0 Å². The van der Waals surface area contributed by atoms with E-state index in [2.05, 4.69) is 10.2 Å². The minimum Gasteiger partial charge on any atom is -0.314 e. The average molecular weight is 276 g/mol. The molecule has 2 saturated carbocycles. The smallest absolute Gasteiger partial charge is 0.00980 e.